The number of hydrogen-bond donors (Lipinski definition) is 1. The molecule has 0 unspecified atom stereocenters. The number of benzene rings is 1. The first-order valence-corrected chi connectivity index (χ1v) is 5.22. The van der Waals surface area contributed by atoms with Gasteiger partial charge in [-0.05, 0) is 30.5 Å². The van der Waals surface area contributed by atoms with Crippen molar-refractivity contribution in [1.29, 1.82) is 0 Å². The van der Waals surface area contributed by atoms with Gasteiger partial charge in [0.2, 0.25) is 0 Å². The molecule has 2 rings (SSSR count). The number of para-hydroxylation sites is 1. The van der Waals surface area contributed by atoms with E-state index in [1.807, 2.05) is 42.2 Å². The van der Waals surface area contributed by atoms with Gasteiger partial charge in [0.1, 0.15) is 0 Å². The molecule has 0 fully saturated rings. The Bertz CT molecular complexity index is 465. The molecule has 1 aromatic heterocycles. The molecule has 0 amide bonds. The normalized spacial score (nSPS) is 10.6. The van der Waals surface area contributed by atoms with Gasteiger partial charge < -0.3 is 4.84 Å². The van der Waals surface area contributed by atoms with E-state index in [4.69, 9.17) is 5.90 Å². The van der Waals surface area contributed by atoms with E-state index in [1.54, 1.807) is 0 Å². The molecule has 0 spiro atoms. The average molecular weight is 217 g/mol. The molecule has 0 saturated heterocycles. The molecule has 0 aliphatic carbocycles. The molecule has 0 aliphatic heterocycles. The predicted octanol–water partition coefficient (Wildman–Crippen LogP) is 1.61. The third-order valence-electron chi connectivity index (χ3n) is 2.44. The Hall–Kier alpha value is -1.65. The first-order chi connectivity index (χ1) is 7.81. The van der Waals surface area contributed by atoms with Crippen LogP contribution in [-0.2, 0) is 11.3 Å². The summed E-state index contributed by atoms with van der Waals surface area (Å²) < 4.78 is 1.88. The molecule has 0 bridgehead atoms. The lowest BCUT2D eigenvalue weighted by molar-refractivity contribution is 0.141. The van der Waals surface area contributed by atoms with Crippen molar-refractivity contribution in [3.8, 4) is 5.69 Å². The van der Waals surface area contributed by atoms with Crippen LogP contribution in [0.1, 0.15) is 11.1 Å². The SMILES string of the molecule is Cc1cnn(-c2ccccc2CCON)c1. The van der Waals surface area contributed by atoms with Crippen LogP contribution in [0.2, 0.25) is 0 Å². The Morgan fingerprint density at radius 1 is 1.38 bits per heavy atom. The fourth-order valence-electron chi connectivity index (χ4n) is 1.66. The highest BCUT2D eigenvalue weighted by atomic mass is 16.6. The number of nitrogens with two attached hydrogens (primary N) is 1. The van der Waals surface area contributed by atoms with Crippen LogP contribution in [-0.4, -0.2) is 16.4 Å². The van der Waals surface area contributed by atoms with E-state index < -0.39 is 0 Å². The summed E-state index contributed by atoms with van der Waals surface area (Å²) in [7, 11) is 0. The number of aromatic nitrogens is 2. The second-order valence-electron chi connectivity index (χ2n) is 3.71. The molecular formula is C12H15N3O. The lowest BCUT2D eigenvalue weighted by Gasteiger charge is -2.08. The molecule has 0 atom stereocenters. The van der Waals surface area contributed by atoms with Gasteiger partial charge in [0.15, 0.2) is 0 Å². The molecular weight excluding hydrogens is 202 g/mol. The van der Waals surface area contributed by atoms with Crippen LogP contribution in [0, 0.1) is 6.92 Å². The van der Waals surface area contributed by atoms with Gasteiger partial charge in [-0.3, -0.25) is 0 Å². The Kier molecular flexibility index (Phi) is 3.34. The second-order valence-corrected chi connectivity index (χ2v) is 3.71. The van der Waals surface area contributed by atoms with Crippen LogP contribution >= 0.6 is 0 Å². The van der Waals surface area contributed by atoms with E-state index in [1.165, 1.54) is 5.56 Å². The van der Waals surface area contributed by atoms with E-state index in [0.717, 1.165) is 17.7 Å². The summed E-state index contributed by atoms with van der Waals surface area (Å²) in [6.45, 7) is 2.53. The van der Waals surface area contributed by atoms with Crippen LogP contribution in [0.4, 0.5) is 0 Å². The van der Waals surface area contributed by atoms with Crippen molar-refractivity contribution in [3.05, 3.63) is 47.8 Å². The fraction of sp³-hybridized carbons (Fsp3) is 0.250. The Balaban J connectivity index is 2.32. The third-order valence-corrected chi connectivity index (χ3v) is 2.44. The van der Waals surface area contributed by atoms with Crippen molar-refractivity contribution in [2.75, 3.05) is 6.61 Å². The minimum Gasteiger partial charge on any atom is -0.304 e. The topological polar surface area (TPSA) is 53.1 Å². The van der Waals surface area contributed by atoms with Crippen molar-refractivity contribution in [2.45, 2.75) is 13.3 Å². The zero-order chi connectivity index (χ0) is 11.4. The summed E-state index contributed by atoms with van der Waals surface area (Å²) in [4.78, 5) is 4.61. The molecule has 16 heavy (non-hydrogen) atoms. The van der Waals surface area contributed by atoms with E-state index in [0.29, 0.717) is 6.61 Å². The van der Waals surface area contributed by atoms with Crippen molar-refractivity contribution in [3.63, 3.8) is 0 Å². The summed E-state index contributed by atoms with van der Waals surface area (Å²) in [5.41, 5.74) is 3.40. The lowest BCUT2D eigenvalue weighted by Crippen LogP contribution is -2.07. The highest BCUT2D eigenvalue weighted by Crippen LogP contribution is 2.14. The minimum atomic E-state index is 0.511. The van der Waals surface area contributed by atoms with Gasteiger partial charge in [0, 0.05) is 6.20 Å². The molecule has 1 aromatic carbocycles. The third kappa shape index (κ3) is 2.29. The highest BCUT2D eigenvalue weighted by molar-refractivity contribution is 5.40. The maximum Gasteiger partial charge on any atom is 0.0720 e. The number of rotatable bonds is 4. The van der Waals surface area contributed by atoms with Crippen LogP contribution in [0.15, 0.2) is 36.7 Å². The summed E-state index contributed by atoms with van der Waals surface area (Å²) in [6, 6.07) is 8.11. The molecule has 0 radical (unpaired) electrons. The second kappa shape index (κ2) is 4.92. The largest absolute Gasteiger partial charge is 0.304 e. The maximum absolute atomic E-state index is 5.05. The van der Waals surface area contributed by atoms with Gasteiger partial charge in [-0.15, -0.1) is 0 Å². The zero-order valence-electron chi connectivity index (χ0n) is 9.26. The number of hydrogen-bond acceptors (Lipinski definition) is 3. The highest BCUT2D eigenvalue weighted by Gasteiger charge is 2.04. The number of aryl methyl sites for hydroxylation is 1. The van der Waals surface area contributed by atoms with Gasteiger partial charge in [0.25, 0.3) is 0 Å². The van der Waals surface area contributed by atoms with Gasteiger partial charge >= 0.3 is 0 Å². The maximum atomic E-state index is 5.05. The quantitative estimate of drug-likeness (QED) is 0.792. The van der Waals surface area contributed by atoms with Crippen molar-refractivity contribution >= 4 is 0 Å². The van der Waals surface area contributed by atoms with E-state index >= 15 is 0 Å². The summed E-state index contributed by atoms with van der Waals surface area (Å²) in [5, 5.41) is 4.30. The summed E-state index contributed by atoms with van der Waals surface area (Å²) in [5.74, 6) is 5.05. The predicted molar refractivity (Wildman–Crippen MR) is 62.1 cm³/mol. The molecule has 0 saturated carbocycles. The summed E-state index contributed by atoms with van der Waals surface area (Å²) >= 11 is 0. The van der Waals surface area contributed by atoms with Crippen LogP contribution in [0.5, 0.6) is 0 Å². The van der Waals surface area contributed by atoms with Crippen molar-refractivity contribution in [2.24, 2.45) is 5.90 Å². The first kappa shape index (κ1) is 10.9. The molecule has 4 heteroatoms. The van der Waals surface area contributed by atoms with Crippen LogP contribution in [0.25, 0.3) is 5.69 Å². The Morgan fingerprint density at radius 2 is 2.19 bits per heavy atom. The monoisotopic (exact) mass is 217 g/mol. The average Bonchev–Trinajstić information content (AvgIpc) is 2.73. The standard InChI is InChI=1S/C12H15N3O/c1-10-8-14-15(9-10)12-5-3-2-4-11(12)6-7-16-13/h2-5,8-9H,6-7,13H2,1H3. The van der Waals surface area contributed by atoms with Gasteiger partial charge in [-0.1, -0.05) is 18.2 Å². The molecule has 4 nitrogen and oxygen atoms in total. The van der Waals surface area contributed by atoms with Crippen LogP contribution < -0.4 is 5.90 Å². The molecule has 2 aromatic rings. The lowest BCUT2D eigenvalue weighted by atomic mass is 10.1. The minimum absolute atomic E-state index is 0.511. The molecule has 2 N–H and O–H groups in total. The van der Waals surface area contributed by atoms with E-state index in [9.17, 15) is 0 Å². The summed E-state index contributed by atoms with van der Waals surface area (Å²) in [6.07, 6.45) is 4.63. The Morgan fingerprint density at radius 3 is 2.88 bits per heavy atom. The van der Waals surface area contributed by atoms with E-state index in [2.05, 4.69) is 16.0 Å². The zero-order valence-corrected chi connectivity index (χ0v) is 9.26. The van der Waals surface area contributed by atoms with E-state index in [-0.39, 0.29) is 0 Å². The van der Waals surface area contributed by atoms with Gasteiger partial charge in [-0.2, -0.15) is 5.10 Å². The number of nitrogens with zero attached hydrogens (tertiary/aromatic N) is 2. The molecule has 1 heterocycles. The smallest absolute Gasteiger partial charge is 0.0720 e. The van der Waals surface area contributed by atoms with Crippen molar-refractivity contribution < 1.29 is 4.84 Å². The fourth-order valence-corrected chi connectivity index (χ4v) is 1.66. The van der Waals surface area contributed by atoms with Gasteiger partial charge in [-0.25, -0.2) is 10.6 Å². The van der Waals surface area contributed by atoms with Crippen molar-refractivity contribution in [1.82, 2.24) is 9.78 Å². The molecule has 84 valence electrons. The Labute approximate surface area is 94.6 Å². The van der Waals surface area contributed by atoms with Gasteiger partial charge in [0.05, 0.1) is 18.5 Å². The molecule has 0 aliphatic rings. The first-order valence-electron chi connectivity index (χ1n) is 5.22. The van der Waals surface area contributed by atoms with Crippen LogP contribution in [0.3, 0.4) is 0 Å².